The Balaban J connectivity index is 1.70. The molecule has 2 atom stereocenters. The number of nitriles is 1. The lowest BCUT2D eigenvalue weighted by molar-refractivity contribution is 0.102. The summed E-state index contributed by atoms with van der Waals surface area (Å²) in [4.78, 5) is 26.1. The van der Waals surface area contributed by atoms with E-state index < -0.39 is 0 Å². The van der Waals surface area contributed by atoms with Gasteiger partial charge in [-0.3, -0.25) is 4.79 Å². The molecule has 4 rings (SSSR count). The van der Waals surface area contributed by atoms with Gasteiger partial charge in [0, 0.05) is 47.4 Å². The number of thiophene rings is 1. The summed E-state index contributed by atoms with van der Waals surface area (Å²) in [6, 6.07) is 4.26. The van der Waals surface area contributed by atoms with Crippen LogP contribution in [-0.2, 0) is 6.42 Å². The largest absolute Gasteiger partial charge is 0.401 e. The third kappa shape index (κ3) is 4.79. The van der Waals surface area contributed by atoms with Crippen LogP contribution >= 0.6 is 11.3 Å². The van der Waals surface area contributed by atoms with E-state index in [-0.39, 0.29) is 11.7 Å². The normalized spacial score (nSPS) is 21.3. The van der Waals surface area contributed by atoms with Crippen molar-refractivity contribution in [2.45, 2.75) is 64.3 Å². The van der Waals surface area contributed by atoms with E-state index >= 15 is 0 Å². The smallest absolute Gasteiger partial charge is 0.226 e. The molecule has 0 spiro atoms. The van der Waals surface area contributed by atoms with Gasteiger partial charge in [-0.05, 0) is 57.2 Å². The molecular formula is C25H33N7OS. The Bertz CT molecular complexity index is 1130. The maximum atomic E-state index is 13.7. The summed E-state index contributed by atoms with van der Waals surface area (Å²) in [5.41, 5.74) is 15.8. The van der Waals surface area contributed by atoms with E-state index in [4.69, 9.17) is 11.5 Å². The SMILES string of the molecule is CCC/C(C(=O)c1ccnc(N2CCCN[C@@H](C)C2)n1)=C(/N)[C@H]1CCCc2sc(N)c(C#N)c21. The maximum Gasteiger partial charge on any atom is 0.226 e. The molecule has 34 heavy (non-hydrogen) atoms. The third-order valence-electron chi connectivity index (χ3n) is 6.65. The second-order valence-corrected chi connectivity index (χ2v) is 10.3. The minimum absolute atomic E-state index is 0.155. The first-order valence-corrected chi connectivity index (χ1v) is 12.9. The molecule has 0 saturated carbocycles. The van der Waals surface area contributed by atoms with E-state index in [2.05, 4.69) is 33.2 Å². The lowest BCUT2D eigenvalue weighted by Crippen LogP contribution is -2.36. The number of hydrogen-bond donors (Lipinski definition) is 3. The number of anilines is 2. The Labute approximate surface area is 205 Å². The van der Waals surface area contributed by atoms with E-state index in [0.29, 0.717) is 45.9 Å². The highest BCUT2D eigenvalue weighted by molar-refractivity contribution is 7.16. The number of carbonyl (C=O) groups is 1. The van der Waals surface area contributed by atoms with Crippen LogP contribution in [0.5, 0.6) is 0 Å². The second-order valence-electron chi connectivity index (χ2n) is 9.14. The standard InChI is InChI=1S/C25H33N7OS/c1-3-6-17(22(27)16-7-4-8-20-21(16)18(13-26)24(28)34-20)23(33)19-9-11-30-25(31-19)32-12-5-10-29-15(2)14-32/h9,11,15-16,29H,3-8,10,12,14,27-28H2,1-2H3/b22-17-/t15-,16-/m0/s1. The van der Waals surface area contributed by atoms with Gasteiger partial charge in [0.1, 0.15) is 16.8 Å². The van der Waals surface area contributed by atoms with Crippen LogP contribution in [-0.4, -0.2) is 41.4 Å². The van der Waals surface area contributed by atoms with Crippen LogP contribution in [0.4, 0.5) is 10.9 Å². The Morgan fingerprint density at radius 3 is 3.00 bits per heavy atom. The number of nitrogens with two attached hydrogens (primary N) is 2. The van der Waals surface area contributed by atoms with Gasteiger partial charge in [0.15, 0.2) is 0 Å². The van der Waals surface area contributed by atoms with Crippen molar-refractivity contribution < 1.29 is 4.79 Å². The molecule has 2 aromatic rings. The lowest BCUT2D eigenvalue weighted by Gasteiger charge is -2.26. The Hall–Kier alpha value is -2.96. The zero-order valence-electron chi connectivity index (χ0n) is 19.9. The first-order chi connectivity index (χ1) is 16.4. The summed E-state index contributed by atoms with van der Waals surface area (Å²) in [7, 11) is 0. The Morgan fingerprint density at radius 1 is 1.41 bits per heavy atom. The van der Waals surface area contributed by atoms with Crippen molar-refractivity contribution in [2.75, 3.05) is 30.3 Å². The Kier molecular flexibility index (Phi) is 7.49. The monoisotopic (exact) mass is 479 g/mol. The molecule has 0 amide bonds. The highest BCUT2D eigenvalue weighted by Gasteiger charge is 2.32. The van der Waals surface area contributed by atoms with Crippen LogP contribution in [0.1, 0.15) is 78.4 Å². The van der Waals surface area contributed by atoms with Gasteiger partial charge in [0.05, 0.1) is 5.56 Å². The molecule has 0 radical (unpaired) electrons. The number of Topliss-reactive ketones (excluding diaryl/α,β-unsaturated/α-hetero) is 1. The number of carbonyl (C=O) groups excluding carboxylic acids is 1. The molecular weight excluding hydrogens is 446 g/mol. The number of nitrogens with one attached hydrogen (secondary N) is 1. The highest BCUT2D eigenvalue weighted by atomic mass is 32.1. The van der Waals surface area contributed by atoms with Crippen molar-refractivity contribution in [3.05, 3.63) is 45.2 Å². The minimum atomic E-state index is -0.170. The quantitative estimate of drug-likeness (QED) is 0.423. The van der Waals surface area contributed by atoms with Crippen molar-refractivity contribution in [3.63, 3.8) is 0 Å². The van der Waals surface area contributed by atoms with E-state index in [0.717, 1.165) is 62.2 Å². The molecule has 0 aromatic carbocycles. The first kappa shape index (κ1) is 24.2. The average Bonchev–Trinajstić information content (AvgIpc) is 3.01. The summed E-state index contributed by atoms with van der Waals surface area (Å²) in [5.74, 6) is 0.252. The average molecular weight is 480 g/mol. The van der Waals surface area contributed by atoms with Crippen LogP contribution in [0.25, 0.3) is 0 Å². The maximum absolute atomic E-state index is 13.7. The van der Waals surface area contributed by atoms with Gasteiger partial charge in [-0.2, -0.15) is 5.26 Å². The summed E-state index contributed by atoms with van der Waals surface area (Å²) < 4.78 is 0. The fourth-order valence-electron chi connectivity index (χ4n) is 5.02. The molecule has 1 saturated heterocycles. The van der Waals surface area contributed by atoms with Gasteiger partial charge >= 0.3 is 0 Å². The molecule has 0 unspecified atom stereocenters. The van der Waals surface area contributed by atoms with Gasteiger partial charge in [-0.25, -0.2) is 9.97 Å². The highest BCUT2D eigenvalue weighted by Crippen LogP contribution is 2.45. The van der Waals surface area contributed by atoms with Crippen molar-refractivity contribution in [2.24, 2.45) is 5.73 Å². The number of aryl methyl sites for hydroxylation is 1. The number of fused-ring (bicyclic) bond motifs is 1. The van der Waals surface area contributed by atoms with Gasteiger partial charge in [-0.15, -0.1) is 11.3 Å². The lowest BCUT2D eigenvalue weighted by atomic mass is 9.80. The zero-order chi connectivity index (χ0) is 24.2. The fourth-order valence-corrected chi connectivity index (χ4v) is 6.14. The number of nitrogens with zero attached hydrogens (tertiary/aromatic N) is 4. The summed E-state index contributed by atoms with van der Waals surface area (Å²) >= 11 is 1.47. The van der Waals surface area contributed by atoms with Crippen molar-refractivity contribution in [1.29, 1.82) is 5.26 Å². The topological polar surface area (TPSA) is 134 Å². The molecule has 9 heteroatoms. The van der Waals surface area contributed by atoms with Crippen molar-refractivity contribution in [1.82, 2.24) is 15.3 Å². The molecule has 5 N–H and O–H groups in total. The summed E-state index contributed by atoms with van der Waals surface area (Å²) in [6.07, 6.45) is 6.64. The number of rotatable bonds is 6. The molecule has 180 valence electrons. The molecule has 0 bridgehead atoms. The van der Waals surface area contributed by atoms with Crippen molar-refractivity contribution in [3.8, 4) is 6.07 Å². The summed E-state index contributed by atoms with van der Waals surface area (Å²) in [5, 5.41) is 13.7. The number of nitrogen functional groups attached to an aromatic ring is 1. The van der Waals surface area contributed by atoms with Crippen LogP contribution < -0.4 is 21.7 Å². The predicted octanol–water partition coefficient (Wildman–Crippen LogP) is 3.50. The van der Waals surface area contributed by atoms with E-state index in [1.54, 1.807) is 12.3 Å². The number of allylic oxidation sites excluding steroid dienone is 2. The fraction of sp³-hybridized carbons (Fsp3) is 0.520. The predicted molar refractivity (Wildman–Crippen MR) is 136 cm³/mol. The third-order valence-corrected chi connectivity index (χ3v) is 7.75. The zero-order valence-corrected chi connectivity index (χ0v) is 20.7. The molecule has 2 aliphatic rings. The van der Waals surface area contributed by atoms with E-state index in [9.17, 15) is 10.1 Å². The number of hydrogen-bond acceptors (Lipinski definition) is 9. The Morgan fingerprint density at radius 2 is 2.24 bits per heavy atom. The van der Waals surface area contributed by atoms with E-state index in [1.165, 1.54) is 11.3 Å². The minimum Gasteiger partial charge on any atom is -0.401 e. The van der Waals surface area contributed by atoms with Crippen LogP contribution in [0.3, 0.4) is 0 Å². The van der Waals surface area contributed by atoms with Gasteiger partial charge in [0.25, 0.3) is 0 Å². The molecule has 2 aromatic heterocycles. The molecule has 8 nitrogen and oxygen atoms in total. The first-order valence-electron chi connectivity index (χ1n) is 12.1. The van der Waals surface area contributed by atoms with Crippen LogP contribution in [0.15, 0.2) is 23.5 Å². The van der Waals surface area contributed by atoms with Gasteiger partial charge in [-0.1, -0.05) is 13.3 Å². The molecule has 3 heterocycles. The van der Waals surface area contributed by atoms with Gasteiger partial charge < -0.3 is 21.7 Å². The number of aromatic nitrogens is 2. The van der Waals surface area contributed by atoms with Gasteiger partial charge in [0.2, 0.25) is 11.7 Å². The van der Waals surface area contributed by atoms with Crippen LogP contribution in [0.2, 0.25) is 0 Å². The van der Waals surface area contributed by atoms with Crippen molar-refractivity contribution >= 4 is 28.1 Å². The molecule has 1 fully saturated rings. The summed E-state index contributed by atoms with van der Waals surface area (Å²) in [6.45, 7) is 6.76. The van der Waals surface area contributed by atoms with E-state index in [1.807, 2.05) is 6.92 Å². The number of ketones is 1. The second kappa shape index (κ2) is 10.5. The van der Waals surface area contributed by atoms with Crippen LogP contribution in [0, 0.1) is 11.3 Å². The molecule has 1 aliphatic heterocycles. The molecule has 1 aliphatic carbocycles.